The lowest BCUT2D eigenvalue weighted by Gasteiger charge is -2.08. The van der Waals surface area contributed by atoms with Crippen LogP contribution in [-0.4, -0.2) is 45.1 Å². The number of aromatic nitrogens is 4. The molecular weight excluding hydrogens is 414 g/mol. The zero-order valence-corrected chi connectivity index (χ0v) is 17.3. The third kappa shape index (κ3) is 3.69. The van der Waals surface area contributed by atoms with Gasteiger partial charge in [0.25, 0.3) is 5.91 Å². The molecule has 4 aromatic rings. The maximum absolute atomic E-state index is 12.8. The largest absolute Gasteiger partial charge is 0.494 e. The van der Waals surface area contributed by atoms with Gasteiger partial charge in [-0.15, -0.1) is 0 Å². The fourth-order valence-electron chi connectivity index (χ4n) is 3.29. The Balaban J connectivity index is 1.94. The number of nitrogens with zero attached hydrogens (tertiary/aromatic N) is 3. The summed E-state index contributed by atoms with van der Waals surface area (Å²) in [4.78, 5) is 48.2. The minimum absolute atomic E-state index is 0.0978. The van der Waals surface area contributed by atoms with Gasteiger partial charge in [0, 0.05) is 5.56 Å². The van der Waals surface area contributed by atoms with E-state index in [4.69, 9.17) is 15.2 Å². The van der Waals surface area contributed by atoms with Gasteiger partial charge in [-0.2, -0.15) is 0 Å². The SMILES string of the molecule is CCOc1ccc(-c2nc(C(N)=O)c3[nH]c(=O)n(-c4cccc(C(=O)OC)c4)c3n2)cc1. The molecule has 0 aliphatic carbocycles. The van der Waals surface area contributed by atoms with Gasteiger partial charge in [0.2, 0.25) is 0 Å². The average molecular weight is 433 g/mol. The number of hydrogen-bond donors (Lipinski definition) is 2. The van der Waals surface area contributed by atoms with Crippen LogP contribution in [0.4, 0.5) is 0 Å². The van der Waals surface area contributed by atoms with E-state index in [9.17, 15) is 14.4 Å². The van der Waals surface area contributed by atoms with Crippen molar-refractivity contribution < 1.29 is 19.1 Å². The summed E-state index contributed by atoms with van der Waals surface area (Å²) in [5, 5.41) is 0. The Hall–Kier alpha value is -4.47. The molecule has 0 unspecified atom stereocenters. The lowest BCUT2D eigenvalue weighted by atomic mass is 10.2. The zero-order chi connectivity index (χ0) is 22.8. The number of aromatic amines is 1. The van der Waals surface area contributed by atoms with Crippen molar-refractivity contribution in [1.29, 1.82) is 0 Å². The topological polar surface area (TPSA) is 142 Å². The quantitative estimate of drug-likeness (QED) is 0.443. The first-order valence-corrected chi connectivity index (χ1v) is 9.67. The van der Waals surface area contributed by atoms with Crippen LogP contribution >= 0.6 is 0 Å². The number of ether oxygens (including phenoxy) is 2. The Morgan fingerprint density at radius 2 is 1.88 bits per heavy atom. The molecule has 0 aliphatic heterocycles. The second kappa shape index (κ2) is 8.34. The number of esters is 1. The highest BCUT2D eigenvalue weighted by molar-refractivity contribution is 6.02. The summed E-state index contributed by atoms with van der Waals surface area (Å²) in [6, 6.07) is 13.3. The van der Waals surface area contributed by atoms with Crippen molar-refractivity contribution >= 4 is 23.0 Å². The van der Waals surface area contributed by atoms with Gasteiger partial charge in [-0.25, -0.2) is 24.1 Å². The van der Waals surface area contributed by atoms with Crippen molar-refractivity contribution in [1.82, 2.24) is 19.5 Å². The number of nitrogens with two attached hydrogens (primary N) is 1. The van der Waals surface area contributed by atoms with E-state index in [1.807, 2.05) is 6.92 Å². The van der Waals surface area contributed by atoms with Crippen molar-refractivity contribution in [2.24, 2.45) is 5.73 Å². The highest BCUT2D eigenvalue weighted by atomic mass is 16.5. The molecule has 0 aliphatic rings. The van der Waals surface area contributed by atoms with E-state index in [-0.39, 0.29) is 28.2 Å². The molecule has 10 nitrogen and oxygen atoms in total. The molecule has 0 bridgehead atoms. The smallest absolute Gasteiger partial charge is 0.337 e. The summed E-state index contributed by atoms with van der Waals surface area (Å²) < 4.78 is 11.4. The predicted octanol–water partition coefficient (Wildman–Crippen LogP) is 2.06. The normalized spacial score (nSPS) is 10.8. The second-order valence-electron chi connectivity index (χ2n) is 6.72. The fourth-order valence-corrected chi connectivity index (χ4v) is 3.29. The standard InChI is InChI=1S/C22H19N5O5/c1-3-32-15-9-7-12(8-10-15)19-24-16(18(23)28)17-20(26-19)27(22(30)25-17)14-6-4-5-13(11-14)21(29)31-2/h4-11H,3H2,1-2H3,(H2,23,28)(H,25,30). The number of fused-ring (bicyclic) bond motifs is 1. The molecule has 0 atom stereocenters. The van der Waals surface area contributed by atoms with Crippen LogP contribution in [0.5, 0.6) is 5.75 Å². The molecule has 0 saturated carbocycles. The number of hydrogen-bond acceptors (Lipinski definition) is 7. The van der Waals surface area contributed by atoms with Gasteiger partial charge in [-0.3, -0.25) is 4.79 Å². The molecule has 0 saturated heterocycles. The lowest BCUT2D eigenvalue weighted by Crippen LogP contribution is -2.16. The highest BCUT2D eigenvalue weighted by Gasteiger charge is 2.21. The predicted molar refractivity (Wildman–Crippen MR) is 116 cm³/mol. The van der Waals surface area contributed by atoms with Gasteiger partial charge in [0.05, 0.1) is 25.0 Å². The monoisotopic (exact) mass is 433 g/mol. The van der Waals surface area contributed by atoms with E-state index in [1.54, 1.807) is 42.5 Å². The number of rotatable bonds is 6. The van der Waals surface area contributed by atoms with Gasteiger partial charge in [0.1, 0.15) is 11.3 Å². The number of carbonyl (C=O) groups is 2. The van der Waals surface area contributed by atoms with Crippen LogP contribution in [0.3, 0.4) is 0 Å². The Bertz CT molecular complexity index is 1390. The van der Waals surface area contributed by atoms with Gasteiger partial charge in [-0.1, -0.05) is 6.07 Å². The van der Waals surface area contributed by atoms with Crippen LogP contribution in [0.25, 0.3) is 28.2 Å². The summed E-state index contributed by atoms with van der Waals surface area (Å²) in [6.07, 6.45) is 0. The number of methoxy groups -OCH3 is 1. The molecular formula is C22H19N5O5. The van der Waals surface area contributed by atoms with Crippen molar-refractivity contribution in [3.8, 4) is 22.8 Å². The van der Waals surface area contributed by atoms with Crippen molar-refractivity contribution in [2.75, 3.05) is 13.7 Å². The van der Waals surface area contributed by atoms with E-state index >= 15 is 0 Å². The summed E-state index contributed by atoms with van der Waals surface area (Å²) in [5.74, 6) is -0.500. The third-order valence-corrected chi connectivity index (χ3v) is 4.72. The molecule has 0 radical (unpaired) electrons. The molecule has 2 heterocycles. The van der Waals surface area contributed by atoms with Crippen LogP contribution in [0.1, 0.15) is 27.8 Å². The number of imidazole rings is 1. The summed E-state index contributed by atoms with van der Waals surface area (Å²) in [5.41, 5.74) is 6.28. The first-order valence-electron chi connectivity index (χ1n) is 9.67. The van der Waals surface area contributed by atoms with E-state index in [0.717, 1.165) is 0 Å². The van der Waals surface area contributed by atoms with Crippen molar-refractivity contribution in [3.05, 3.63) is 70.3 Å². The van der Waals surface area contributed by atoms with E-state index in [1.165, 1.54) is 17.7 Å². The van der Waals surface area contributed by atoms with Crippen LogP contribution in [0.2, 0.25) is 0 Å². The minimum Gasteiger partial charge on any atom is -0.494 e. The molecule has 4 rings (SSSR count). The Morgan fingerprint density at radius 1 is 1.12 bits per heavy atom. The molecule has 10 heteroatoms. The third-order valence-electron chi connectivity index (χ3n) is 4.72. The first kappa shape index (κ1) is 20.8. The summed E-state index contributed by atoms with van der Waals surface area (Å²) >= 11 is 0. The van der Waals surface area contributed by atoms with Crippen LogP contribution in [0, 0.1) is 0 Å². The maximum atomic E-state index is 12.8. The van der Waals surface area contributed by atoms with Crippen LogP contribution in [-0.2, 0) is 4.74 Å². The minimum atomic E-state index is -0.818. The molecule has 162 valence electrons. The molecule has 1 amide bonds. The number of benzene rings is 2. The molecule has 0 spiro atoms. The first-order chi connectivity index (χ1) is 15.4. The van der Waals surface area contributed by atoms with Gasteiger partial charge < -0.3 is 20.2 Å². The Morgan fingerprint density at radius 3 is 2.53 bits per heavy atom. The van der Waals surface area contributed by atoms with Gasteiger partial charge in [0.15, 0.2) is 17.2 Å². The Labute approximate surface area is 181 Å². The number of primary amides is 1. The number of H-pyrrole nitrogens is 1. The van der Waals surface area contributed by atoms with Crippen molar-refractivity contribution in [3.63, 3.8) is 0 Å². The summed E-state index contributed by atoms with van der Waals surface area (Å²) in [6.45, 7) is 2.40. The molecule has 0 fully saturated rings. The number of nitrogens with one attached hydrogen (secondary N) is 1. The number of amides is 1. The second-order valence-corrected chi connectivity index (χ2v) is 6.72. The van der Waals surface area contributed by atoms with Gasteiger partial charge >= 0.3 is 11.7 Å². The van der Waals surface area contributed by atoms with E-state index < -0.39 is 17.6 Å². The molecule has 2 aromatic heterocycles. The maximum Gasteiger partial charge on any atom is 0.337 e. The van der Waals surface area contributed by atoms with Crippen LogP contribution in [0.15, 0.2) is 53.3 Å². The van der Waals surface area contributed by atoms with Crippen molar-refractivity contribution in [2.45, 2.75) is 6.92 Å². The molecule has 3 N–H and O–H groups in total. The van der Waals surface area contributed by atoms with E-state index in [2.05, 4.69) is 15.0 Å². The average Bonchev–Trinajstić information content (AvgIpc) is 3.14. The lowest BCUT2D eigenvalue weighted by molar-refractivity contribution is 0.0600. The number of carbonyl (C=O) groups excluding carboxylic acids is 2. The zero-order valence-electron chi connectivity index (χ0n) is 17.3. The Kier molecular flexibility index (Phi) is 5.42. The van der Waals surface area contributed by atoms with Gasteiger partial charge in [-0.05, 0) is 49.4 Å². The highest BCUT2D eigenvalue weighted by Crippen LogP contribution is 2.24. The fraction of sp³-hybridized carbons (Fsp3) is 0.136. The van der Waals surface area contributed by atoms with E-state index in [0.29, 0.717) is 23.6 Å². The summed E-state index contributed by atoms with van der Waals surface area (Å²) in [7, 11) is 1.27. The van der Waals surface area contributed by atoms with Crippen LogP contribution < -0.4 is 16.2 Å². The molecule has 2 aromatic carbocycles. The molecule has 32 heavy (non-hydrogen) atoms.